The van der Waals surface area contributed by atoms with Gasteiger partial charge < -0.3 is 4.74 Å². The Kier molecular flexibility index (Phi) is 4.15. The lowest BCUT2D eigenvalue weighted by molar-refractivity contribution is 0.0513. The van der Waals surface area contributed by atoms with Gasteiger partial charge in [0, 0.05) is 0 Å². The number of aryl methyl sites for hydroxylation is 1. The maximum Gasteiger partial charge on any atom is 0.360 e. The maximum absolute atomic E-state index is 13.6. The number of carbonyl (C=O) groups excluding carboxylic acids is 1. The van der Waals surface area contributed by atoms with E-state index in [-0.39, 0.29) is 18.0 Å². The summed E-state index contributed by atoms with van der Waals surface area (Å²) >= 11 is 0. The largest absolute Gasteiger partial charge is 0.461 e. The Morgan fingerprint density at radius 1 is 1.47 bits per heavy atom. The van der Waals surface area contributed by atoms with Crippen LogP contribution in [-0.2, 0) is 11.2 Å². The van der Waals surface area contributed by atoms with Crippen molar-refractivity contribution in [2.24, 2.45) is 0 Å². The minimum absolute atomic E-state index is 0.200. The second-order valence-corrected chi connectivity index (χ2v) is 2.95. The molecule has 0 spiro atoms. The van der Waals surface area contributed by atoms with Crippen LogP contribution in [0.15, 0.2) is 6.33 Å². The van der Waals surface area contributed by atoms with E-state index in [1.165, 1.54) is 6.33 Å². The molecule has 0 N–H and O–H groups in total. The summed E-state index contributed by atoms with van der Waals surface area (Å²) in [7, 11) is 0. The molecule has 0 saturated carbocycles. The summed E-state index contributed by atoms with van der Waals surface area (Å²) in [4.78, 5) is 18.6. The molecule has 0 radical (unpaired) electrons. The lowest BCUT2D eigenvalue weighted by Gasteiger charge is -2.04. The van der Waals surface area contributed by atoms with Gasteiger partial charge >= 0.3 is 5.97 Å². The van der Waals surface area contributed by atoms with Crippen molar-refractivity contribution in [3.63, 3.8) is 0 Å². The van der Waals surface area contributed by atoms with E-state index in [1.54, 1.807) is 6.92 Å². The van der Waals surface area contributed by atoms with Gasteiger partial charge in [0.05, 0.1) is 12.3 Å². The lowest BCUT2D eigenvalue weighted by atomic mass is 10.2. The van der Waals surface area contributed by atoms with Crippen LogP contribution in [0.3, 0.4) is 0 Å². The van der Waals surface area contributed by atoms with Crippen molar-refractivity contribution in [2.75, 3.05) is 6.61 Å². The van der Waals surface area contributed by atoms with Crippen LogP contribution in [0.5, 0.6) is 0 Å². The summed E-state index contributed by atoms with van der Waals surface area (Å²) in [5.74, 6) is -1.41. The van der Waals surface area contributed by atoms with Gasteiger partial charge in [-0.05, 0) is 13.3 Å². The number of hydrogen-bond acceptors (Lipinski definition) is 4. The molecule has 1 aromatic rings. The highest BCUT2D eigenvalue weighted by Crippen LogP contribution is 2.10. The third kappa shape index (κ3) is 2.71. The first kappa shape index (κ1) is 11.6. The van der Waals surface area contributed by atoms with Crippen molar-refractivity contribution in [1.29, 1.82) is 0 Å². The van der Waals surface area contributed by atoms with Gasteiger partial charge in [-0.15, -0.1) is 0 Å². The lowest BCUT2D eigenvalue weighted by Crippen LogP contribution is -2.12. The zero-order valence-corrected chi connectivity index (χ0v) is 8.79. The molecule has 0 unspecified atom stereocenters. The summed E-state index contributed by atoms with van der Waals surface area (Å²) in [6, 6.07) is 0. The fourth-order valence-electron chi connectivity index (χ4n) is 1.16. The van der Waals surface area contributed by atoms with Gasteiger partial charge in [-0.1, -0.05) is 13.3 Å². The molecule has 0 amide bonds. The number of carbonyl (C=O) groups is 1. The molecule has 1 aromatic heterocycles. The predicted octanol–water partition coefficient (Wildman–Crippen LogP) is 1.74. The third-order valence-electron chi connectivity index (χ3n) is 1.82. The Morgan fingerprint density at radius 2 is 2.20 bits per heavy atom. The molecule has 5 heteroatoms. The number of esters is 1. The Balaban J connectivity index is 2.98. The summed E-state index contributed by atoms with van der Waals surface area (Å²) < 4.78 is 18.3. The van der Waals surface area contributed by atoms with Crippen molar-refractivity contribution < 1.29 is 13.9 Å². The van der Waals surface area contributed by atoms with Crippen LogP contribution in [0.25, 0.3) is 0 Å². The van der Waals surface area contributed by atoms with E-state index in [0.717, 1.165) is 6.42 Å². The molecule has 0 aliphatic carbocycles. The highest BCUT2D eigenvalue weighted by atomic mass is 19.1. The molecule has 82 valence electrons. The summed E-state index contributed by atoms with van der Waals surface area (Å²) in [6.45, 7) is 3.76. The normalized spacial score (nSPS) is 10.1. The molecule has 15 heavy (non-hydrogen) atoms. The van der Waals surface area contributed by atoms with Crippen molar-refractivity contribution in [2.45, 2.75) is 26.7 Å². The third-order valence-corrected chi connectivity index (χ3v) is 1.82. The quantitative estimate of drug-likeness (QED) is 0.713. The van der Waals surface area contributed by atoms with E-state index in [0.29, 0.717) is 6.42 Å². The van der Waals surface area contributed by atoms with Crippen molar-refractivity contribution in [3.05, 3.63) is 23.5 Å². The highest BCUT2D eigenvalue weighted by Gasteiger charge is 2.18. The van der Waals surface area contributed by atoms with Gasteiger partial charge in [-0.3, -0.25) is 0 Å². The Labute approximate surface area is 87.5 Å². The van der Waals surface area contributed by atoms with Crippen LogP contribution in [0.4, 0.5) is 4.39 Å². The number of hydrogen-bond donors (Lipinski definition) is 0. The van der Waals surface area contributed by atoms with Crippen LogP contribution < -0.4 is 0 Å². The monoisotopic (exact) mass is 212 g/mol. The van der Waals surface area contributed by atoms with Crippen molar-refractivity contribution >= 4 is 5.97 Å². The van der Waals surface area contributed by atoms with E-state index in [2.05, 4.69) is 14.7 Å². The van der Waals surface area contributed by atoms with E-state index in [9.17, 15) is 9.18 Å². The maximum atomic E-state index is 13.6. The summed E-state index contributed by atoms with van der Waals surface area (Å²) in [5, 5.41) is 0. The van der Waals surface area contributed by atoms with Crippen LogP contribution in [0, 0.1) is 5.82 Å². The standard InChI is InChI=1S/C10H13FN2O2/c1-3-5-7-8(11)9(13-6-12-7)10(14)15-4-2/h6H,3-5H2,1-2H3. The van der Waals surface area contributed by atoms with Gasteiger partial charge in [-0.25, -0.2) is 19.2 Å². The first-order valence-corrected chi connectivity index (χ1v) is 4.87. The molecule has 1 rings (SSSR count). The fraction of sp³-hybridized carbons (Fsp3) is 0.500. The molecule has 0 aromatic carbocycles. The van der Waals surface area contributed by atoms with Gasteiger partial charge in [0.2, 0.25) is 0 Å². The Bertz CT molecular complexity index is 355. The molecule has 0 aliphatic heterocycles. The average Bonchev–Trinajstić information content (AvgIpc) is 2.22. The SMILES string of the molecule is CCCc1ncnc(C(=O)OCC)c1F. The zero-order chi connectivity index (χ0) is 11.3. The van der Waals surface area contributed by atoms with E-state index < -0.39 is 11.8 Å². The highest BCUT2D eigenvalue weighted by molar-refractivity contribution is 5.87. The minimum atomic E-state index is -0.741. The topological polar surface area (TPSA) is 52.1 Å². The minimum Gasteiger partial charge on any atom is -0.461 e. The van der Waals surface area contributed by atoms with Crippen molar-refractivity contribution in [1.82, 2.24) is 9.97 Å². The molecular weight excluding hydrogens is 199 g/mol. The van der Waals surface area contributed by atoms with Crippen LogP contribution >= 0.6 is 0 Å². The molecule has 0 fully saturated rings. The molecule has 0 aliphatic rings. The van der Waals surface area contributed by atoms with E-state index >= 15 is 0 Å². The van der Waals surface area contributed by atoms with E-state index in [4.69, 9.17) is 0 Å². The predicted molar refractivity (Wildman–Crippen MR) is 51.9 cm³/mol. The van der Waals surface area contributed by atoms with Crippen LogP contribution in [-0.4, -0.2) is 22.5 Å². The Morgan fingerprint density at radius 3 is 2.80 bits per heavy atom. The van der Waals surface area contributed by atoms with Gasteiger partial charge in [0.25, 0.3) is 0 Å². The van der Waals surface area contributed by atoms with Gasteiger partial charge in [0.15, 0.2) is 11.5 Å². The average molecular weight is 212 g/mol. The van der Waals surface area contributed by atoms with Crippen LogP contribution in [0.2, 0.25) is 0 Å². The van der Waals surface area contributed by atoms with Crippen molar-refractivity contribution in [3.8, 4) is 0 Å². The smallest absolute Gasteiger partial charge is 0.360 e. The number of rotatable bonds is 4. The van der Waals surface area contributed by atoms with E-state index in [1.807, 2.05) is 6.92 Å². The molecule has 4 nitrogen and oxygen atoms in total. The molecule has 0 atom stereocenters. The first-order valence-electron chi connectivity index (χ1n) is 4.87. The zero-order valence-electron chi connectivity index (χ0n) is 8.79. The fourth-order valence-corrected chi connectivity index (χ4v) is 1.16. The Hall–Kier alpha value is -1.52. The second kappa shape index (κ2) is 5.38. The number of halogens is 1. The first-order chi connectivity index (χ1) is 7.20. The summed E-state index contributed by atoms with van der Waals surface area (Å²) in [5.41, 5.74) is -0.0224. The van der Waals surface area contributed by atoms with Gasteiger partial charge in [0.1, 0.15) is 6.33 Å². The molecule has 0 saturated heterocycles. The molecule has 1 heterocycles. The summed E-state index contributed by atoms with van der Waals surface area (Å²) in [6.07, 6.45) is 2.43. The number of ether oxygens (including phenoxy) is 1. The number of aromatic nitrogens is 2. The van der Waals surface area contributed by atoms with Crippen LogP contribution in [0.1, 0.15) is 36.5 Å². The molecule has 0 bridgehead atoms. The second-order valence-electron chi connectivity index (χ2n) is 2.95. The van der Waals surface area contributed by atoms with Gasteiger partial charge in [-0.2, -0.15) is 0 Å². The number of nitrogens with zero attached hydrogens (tertiary/aromatic N) is 2. The molecular formula is C10H13FN2O2.